The quantitative estimate of drug-likeness (QED) is 0.623. The fourth-order valence-corrected chi connectivity index (χ4v) is 2.04. The maximum atomic E-state index is 12.5. The fraction of sp³-hybridized carbons (Fsp3) is 0.333. The van der Waals surface area contributed by atoms with Crippen LogP contribution in [0.2, 0.25) is 0 Å². The lowest BCUT2D eigenvalue weighted by atomic mass is 10.1. The molecule has 0 atom stereocenters. The van der Waals surface area contributed by atoms with Crippen LogP contribution in [0.15, 0.2) is 6.07 Å². The summed E-state index contributed by atoms with van der Waals surface area (Å²) in [6.45, 7) is 0. The normalized spacial score (nSPS) is 10.4. The van der Waals surface area contributed by atoms with E-state index in [0.29, 0.717) is 14.8 Å². The van der Waals surface area contributed by atoms with Crippen LogP contribution < -0.4 is 0 Å². The molecule has 0 aliphatic carbocycles. The Morgan fingerprint density at radius 2 is 2.27 bits per heavy atom. The van der Waals surface area contributed by atoms with Gasteiger partial charge in [-0.15, -0.1) is 11.6 Å². The molecule has 15 heavy (non-hydrogen) atoms. The lowest BCUT2D eigenvalue weighted by Crippen LogP contribution is -2.03. The molecule has 0 unspecified atom stereocenters. The average Bonchev–Trinajstić information content (AvgIpc) is 2.20. The van der Waals surface area contributed by atoms with Gasteiger partial charge in [-0.2, -0.15) is 5.26 Å². The topological polar surface area (TPSA) is 36.7 Å². The van der Waals surface area contributed by atoms with Gasteiger partial charge in [0, 0.05) is 9.45 Å². The van der Waals surface area contributed by atoms with E-state index in [9.17, 15) is 8.78 Å². The van der Waals surface area contributed by atoms with E-state index in [2.05, 4.69) is 4.98 Å². The first-order valence-corrected chi connectivity index (χ1v) is 5.60. The lowest BCUT2D eigenvalue weighted by Gasteiger charge is -2.08. The Morgan fingerprint density at radius 1 is 1.60 bits per heavy atom. The maximum absolute atomic E-state index is 12.5. The van der Waals surface area contributed by atoms with E-state index < -0.39 is 6.43 Å². The largest absolute Gasteiger partial charge is 0.281 e. The highest BCUT2D eigenvalue weighted by atomic mass is 127. The van der Waals surface area contributed by atoms with E-state index in [-0.39, 0.29) is 18.0 Å². The second-order valence-corrected chi connectivity index (χ2v) is 4.16. The van der Waals surface area contributed by atoms with Crippen LogP contribution in [0.4, 0.5) is 8.78 Å². The van der Waals surface area contributed by atoms with Gasteiger partial charge in [-0.25, -0.2) is 13.8 Å². The summed E-state index contributed by atoms with van der Waals surface area (Å²) in [5, 5.41) is 8.52. The summed E-state index contributed by atoms with van der Waals surface area (Å²) in [5.74, 6) is 0.170. The second-order valence-electron chi connectivity index (χ2n) is 2.73. The first kappa shape index (κ1) is 12.6. The third-order valence-corrected chi connectivity index (χ3v) is 2.92. The summed E-state index contributed by atoms with van der Waals surface area (Å²) in [7, 11) is 0. The van der Waals surface area contributed by atoms with Gasteiger partial charge in [0.25, 0.3) is 6.43 Å². The maximum Gasteiger partial charge on any atom is 0.281 e. The van der Waals surface area contributed by atoms with Crippen LogP contribution in [0.5, 0.6) is 0 Å². The number of aromatic nitrogens is 1. The second kappa shape index (κ2) is 5.56. The molecule has 1 aromatic rings. The number of alkyl halides is 3. The fourth-order valence-electron chi connectivity index (χ4n) is 1.08. The molecule has 1 heterocycles. The summed E-state index contributed by atoms with van der Waals surface area (Å²) in [5.41, 5.74) is 0.685. The highest BCUT2D eigenvalue weighted by Crippen LogP contribution is 2.25. The van der Waals surface area contributed by atoms with Crippen LogP contribution in [-0.2, 0) is 12.3 Å². The molecule has 80 valence electrons. The zero-order valence-corrected chi connectivity index (χ0v) is 10.4. The molecule has 0 aromatic carbocycles. The number of hydrogen-bond donors (Lipinski definition) is 0. The Balaban J connectivity index is 3.25. The Morgan fingerprint density at radius 3 is 2.73 bits per heavy atom. The van der Waals surface area contributed by atoms with Crippen molar-refractivity contribution in [3.63, 3.8) is 0 Å². The van der Waals surface area contributed by atoms with Gasteiger partial charge in [-0.1, -0.05) is 0 Å². The predicted molar refractivity (Wildman–Crippen MR) is 60.8 cm³/mol. The van der Waals surface area contributed by atoms with Gasteiger partial charge in [0.15, 0.2) is 0 Å². The van der Waals surface area contributed by atoms with Gasteiger partial charge in [0.1, 0.15) is 5.69 Å². The third kappa shape index (κ3) is 2.98. The van der Waals surface area contributed by atoms with Gasteiger partial charge in [-0.3, -0.25) is 0 Å². The Bertz CT molecular complexity index is 404. The minimum atomic E-state index is -2.63. The number of pyridine rings is 1. The average molecular weight is 343 g/mol. The van der Waals surface area contributed by atoms with Gasteiger partial charge in [0.05, 0.1) is 18.2 Å². The molecule has 0 saturated carbocycles. The van der Waals surface area contributed by atoms with Gasteiger partial charge < -0.3 is 0 Å². The first-order valence-electron chi connectivity index (χ1n) is 3.99. The van der Waals surface area contributed by atoms with Crippen molar-refractivity contribution >= 4 is 34.2 Å². The third-order valence-electron chi connectivity index (χ3n) is 1.77. The van der Waals surface area contributed by atoms with Crippen molar-refractivity contribution in [2.24, 2.45) is 0 Å². The minimum absolute atomic E-state index is 0.00130. The van der Waals surface area contributed by atoms with E-state index in [0.717, 1.165) is 0 Å². The molecule has 0 aliphatic rings. The van der Waals surface area contributed by atoms with Crippen molar-refractivity contribution < 1.29 is 8.78 Å². The van der Waals surface area contributed by atoms with E-state index >= 15 is 0 Å². The molecule has 0 bridgehead atoms. The van der Waals surface area contributed by atoms with Crippen LogP contribution in [0.25, 0.3) is 0 Å². The summed E-state index contributed by atoms with van der Waals surface area (Å²) in [6, 6.07) is 3.43. The van der Waals surface area contributed by atoms with Gasteiger partial charge in [-0.05, 0) is 34.2 Å². The first-order chi connectivity index (χ1) is 7.10. The molecule has 0 amide bonds. The molecule has 0 N–H and O–H groups in total. The van der Waals surface area contributed by atoms with Crippen LogP contribution in [0.1, 0.15) is 23.4 Å². The summed E-state index contributed by atoms with van der Waals surface area (Å²) < 4.78 is 25.4. The van der Waals surface area contributed by atoms with E-state index in [1.165, 1.54) is 0 Å². The van der Waals surface area contributed by atoms with Gasteiger partial charge in [0.2, 0.25) is 0 Å². The number of nitriles is 1. The highest BCUT2D eigenvalue weighted by molar-refractivity contribution is 14.1. The molecule has 1 aromatic heterocycles. The number of hydrogen-bond acceptors (Lipinski definition) is 2. The Kier molecular flexibility index (Phi) is 4.67. The van der Waals surface area contributed by atoms with Crippen LogP contribution in [-0.4, -0.2) is 4.98 Å². The van der Waals surface area contributed by atoms with Crippen molar-refractivity contribution in [1.29, 1.82) is 5.26 Å². The van der Waals surface area contributed by atoms with E-state index in [1.807, 2.05) is 6.07 Å². The predicted octanol–water partition coefficient (Wildman–Crippen LogP) is 3.43. The molecule has 0 fully saturated rings. The summed E-state index contributed by atoms with van der Waals surface area (Å²) in [4.78, 5) is 3.77. The summed E-state index contributed by atoms with van der Waals surface area (Å²) >= 11 is 7.42. The van der Waals surface area contributed by atoms with Crippen LogP contribution in [0, 0.1) is 14.9 Å². The van der Waals surface area contributed by atoms with Crippen molar-refractivity contribution in [2.45, 2.75) is 18.7 Å². The molecule has 0 spiro atoms. The van der Waals surface area contributed by atoms with Crippen molar-refractivity contribution in [2.75, 3.05) is 0 Å². The number of halogens is 4. The van der Waals surface area contributed by atoms with Crippen molar-refractivity contribution in [3.8, 4) is 6.07 Å². The molecule has 0 radical (unpaired) electrons. The zero-order chi connectivity index (χ0) is 11.4. The van der Waals surface area contributed by atoms with Crippen LogP contribution in [0.3, 0.4) is 0 Å². The zero-order valence-electron chi connectivity index (χ0n) is 7.48. The van der Waals surface area contributed by atoms with Crippen molar-refractivity contribution in [3.05, 3.63) is 26.6 Å². The summed E-state index contributed by atoms with van der Waals surface area (Å²) in [6.07, 6.45) is -2.63. The molecule has 1 rings (SSSR count). The SMILES string of the molecule is N#CCc1nc(C(F)F)c(I)cc1CCl. The standard InChI is InChI=1S/C9H6ClF2IN2/c10-4-5-3-6(13)8(9(11)12)15-7(5)1-2-14/h3,9H,1,4H2. The Hall–Kier alpha value is -0.480. The lowest BCUT2D eigenvalue weighted by molar-refractivity contribution is 0.144. The molecular weight excluding hydrogens is 336 g/mol. The minimum Gasteiger partial charge on any atom is -0.249 e. The van der Waals surface area contributed by atoms with Gasteiger partial charge >= 0.3 is 0 Å². The molecule has 0 aliphatic heterocycles. The number of rotatable bonds is 3. The van der Waals surface area contributed by atoms with Crippen LogP contribution >= 0.6 is 34.2 Å². The molecular formula is C9H6ClF2IN2. The highest BCUT2D eigenvalue weighted by Gasteiger charge is 2.16. The molecule has 6 heteroatoms. The molecule has 2 nitrogen and oxygen atoms in total. The van der Waals surface area contributed by atoms with E-state index in [4.69, 9.17) is 16.9 Å². The number of nitrogens with zero attached hydrogens (tertiary/aromatic N) is 2. The van der Waals surface area contributed by atoms with Crippen molar-refractivity contribution in [1.82, 2.24) is 4.98 Å². The van der Waals surface area contributed by atoms with E-state index in [1.54, 1.807) is 28.7 Å². The Labute approximate surface area is 104 Å². The monoisotopic (exact) mass is 342 g/mol. The molecule has 0 saturated heterocycles. The smallest absolute Gasteiger partial charge is 0.249 e.